The number of aliphatic imine (C=N–C) groups is 1. The molecule has 0 fully saturated rings. The lowest BCUT2D eigenvalue weighted by Crippen LogP contribution is -2.36. The fourth-order valence-electron chi connectivity index (χ4n) is 2.39. The van der Waals surface area contributed by atoms with Crippen LogP contribution >= 0.6 is 0 Å². The first-order valence-corrected chi connectivity index (χ1v) is 8.72. The zero-order valence-corrected chi connectivity index (χ0v) is 16.1. The van der Waals surface area contributed by atoms with Gasteiger partial charge >= 0.3 is 0 Å². The van der Waals surface area contributed by atoms with E-state index >= 15 is 0 Å². The van der Waals surface area contributed by atoms with Gasteiger partial charge in [-0.1, -0.05) is 6.07 Å². The zero-order valence-electron chi connectivity index (χ0n) is 16.1. The number of ether oxygens (including phenoxy) is 2. The Morgan fingerprint density at radius 1 is 1.04 bits per heavy atom. The fourth-order valence-corrected chi connectivity index (χ4v) is 2.39. The van der Waals surface area contributed by atoms with E-state index in [1.54, 1.807) is 25.0 Å². The van der Waals surface area contributed by atoms with Gasteiger partial charge in [-0.25, -0.2) is 9.97 Å². The molecule has 0 saturated carbocycles. The molecule has 9 nitrogen and oxygen atoms in total. The third-order valence-corrected chi connectivity index (χ3v) is 3.98. The summed E-state index contributed by atoms with van der Waals surface area (Å²) < 4.78 is 12.6. The molecule has 1 aromatic carbocycles. The van der Waals surface area contributed by atoms with Gasteiger partial charge in [0.25, 0.3) is 0 Å². The Balaban J connectivity index is 1.49. The second kappa shape index (κ2) is 9.36. The fraction of sp³-hybridized carbons (Fsp3) is 0.263. The average Bonchev–Trinajstić information content (AvgIpc) is 3.14. The van der Waals surface area contributed by atoms with Gasteiger partial charge < -0.3 is 20.1 Å². The Labute approximate surface area is 163 Å². The van der Waals surface area contributed by atoms with E-state index in [1.165, 1.54) is 6.33 Å². The number of aromatic nitrogens is 4. The van der Waals surface area contributed by atoms with Crippen LogP contribution in [0.25, 0.3) is 0 Å². The number of nitrogens with one attached hydrogen (secondary N) is 2. The van der Waals surface area contributed by atoms with Crippen molar-refractivity contribution < 1.29 is 9.47 Å². The van der Waals surface area contributed by atoms with Gasteiger partial charge in [0.05, 0.1) is 13.7 Å². The van der Waals surface area contributed by atoms with E-state index in [0.717, 1.165) is 17.1 Å². The van der Waals surface area contributed by atoms with Crippen LogP contribution in [0.5, 0.6) is 17.4 Å². The Bertz CT molecular complexity index is 905. The maximum Gasteiger partial charge on any atom is 0.219 e. The van der Waals surface area contributed by atoms with Gasteiger partial charge in [-0.15, -0.1) is 0 Å². The van der Waals surface area contributed by atoms with Gasteiger partial charge in [-0.05, 0) is 29.8 Å². The molecule has 0 aliphatic carbocycles. The monoisotopic (exact) mass is 381 g/mol. The highest BCUT2D eigenvalue weighted by Gasteiger charge is 2.04. The molecule has 2 aromatic heterocycles. The first kappa shape index (κ1) is 19.2. The molecule has 0 amide bonds. The van der Waals surface area contributed by atoms with Crippen molar-refractivity contribution in [3.05, 3.63) is 60.3 Å². The Morgan fingerprint density at radius 2 is 1.79 bits per heavy atom. The second-order valence-electron chi connectivity index (χ2n) is 5.86. The molecule has 9 heteroatoms. The molecule has 3 rings (SSSR count). The van der Waals surface area contributed by atoms with Gasteiger partial charge in [0.1, 0.15) is 23.7 Å². The number of pyridine rings is 1. The topological polar surface area (TPSA) is 98.5 Å². The van der Waals surface area contributed by atoms with Gasteiger partial charge in [0.2, 0.25) is 5.88 Å². The Morgan fingerprint density at radius 3 is 2.39 bits per heavy atom. The van der Waals surface area contributed by atoms with Crippen molar-refractivity contribution in [2.24, 2.45) is 12.0 Å². The van der Waals surface area contributed by atoms with Crippen molar-refractivity contribution in [1.29, 1.82) is 0 Å². The first-order valence-electron chi connectivity index (χ1n) is 8.72. The summed E-state index contributed by atoms with van der Waals surface area (Å²) in [6.07, 6.45) is 3.29. The number of aryl methyl sites for hydroxylation is 1. The van der Waals surface area contributed by atoms with Crippen LogP contribution in [-0.4, -0.2) is 39.9 Å². The quantitative estimate of drug-likeness (QED) is 0.476. The third kappa shape index (κ3) is 5.19. The molecule has 0 saturated heterocycles. The smallest absolute Gasteiger partial charge is 0.219 e. The summed E-state index contributed by atoms with van der Waals surface area (Å²) in [6, 6.07) is 11.1. The summed E-state index contributed by atoms with van der Waals surface area (Å²) >= 11 is 0. The van der Waals surface area contributed by atoms with Crippen molar-refractivity contribution in [3.8, 4) is 17.4 Å². The highest BCUT2D eigenvalue weighted by Crippen LogP contribution is 2.22. The van der Waals surface area contributed by atoms with Crippen LogP contribution in [0.2, 0.25) is 0 Å². The van der Waals surface area contributed by atoms with E-state index in [2.05, 4.69) is 30.7 Å². The summed E-state index contributed by atoms with van der Waals surface area (Å²) in [5.74, 6) is 3.50. The lowest BCUT2D eigenvalue weighted by atomic mass is 10.3. The number of hydrogen-bond donors (Lipinski definition) is 2. The highest BCUT2D eigenvalue weighted by molar-refractivity contribution is 5.79. The SMILES string of the molecule is CN=C(NCc1ccc(Oc2ccc(OC)cc2)nc1)NCc1ncnn1C. The molecule has 28 heavy (non-hydrogen) atoms. The normalized spacial score (nSPS) is 11.2. The van der Waals surface area contributed by atoms with Crippen molar-refractivity contribution in [2.45, 2.75) is 13.1 Å². The molecule has 0 aliphatic rings. The van der Waals surface area contributed by atoms with Crippen LogP contribution in [0, 0.1) is 0 Å². The predicted molar refractivity (Wildman–Crippen MR) is 105 cm³/mol. The Hall–Kier alpha value is -3.62. The minimum Gasteiger partial charge on any atom is -0.497 e. The number of methoxy groups -OCH3 is 1. The third-order valence-electron chi connectivity index (χ3n) is 3.98. The molecular formula is C19H23N7O2. The van der Waals surface area contributed by atoms with Gasteiger partial charge in [0.15, 0.2) is 5.96 Å². The van der Waals surface area contributed by atoms with Crippen molar-refractivity contribution >= 4 is 5.96 Å². The molecular weight excluding hydrogens is 358 g/mol. The standard InChI is InChI=1S/C19H23N7O2/c1-20-19(23-12-17-24-13-25-26(17)2)22-11-14-4-9-18(21-10-14)28-16-7-5-15(27-3)6-8-16/h4-10,13H,11-12H2,1-3H3,(H2,20,22,23). The number of benzene rings is 1. The van der Waals surface area contributed by atoms with Crippen LogP contribution in [0.3, 0.4) is 0 Å². The van der Waals surface area contributed by atoms with Gasteiger partial charge in [-0.3, -0.25) is 9.67 Å². The van der Waals surface area contributed by atoms with Crippen molar-refractivity contribution in [3.63, 3.8) is 0 Å². The molecule has 0 bridgehead atoms. The van der Waals surface area contributed by atoms with Gasteiger partial charge in [-0.2, -0.15) is 5.10 Å². The predicted octanol–water partition coefficient (Wildman–Crippen LogP) is 1.88. The van der Waals surface area contributed by atoms with Crippen molar-refractivity contribution in [1.82, 2.24) is 30.4 Å². The Kier molecular flexibility index (Phi) is 6.40. The minimum absolute atomic E-state index is 0.527. The van der Waals surface area contributed by atoms with E-state index in [1.807, 2.05) is 43.4 Å². The van der Waals surface area contributed by atoms with Crippen LogP contribution in [0.15, 0.2) is 53.9 Å². The van der Waals surface area contributed by atoms with E-state index in [9.17, 15) is 0 Å². The van der Waals surface area contributed by atoms with Crippen LogP contribution in [-0.2, 0) is 20.1 Å². The summed E-state index contributed by atoms with van der Waals surface area (Å²) in [5.41, 5.74) is 1.00. The lowest BCUT2D eigenvalue weighted by molar-refractivity contribution is 0.412. The molecule has 0 radical (unpaired) electrons. The summed E-state index contributed by atoms with van der Waals surface area (Å²) in [4.78, 5) is 12.7. The number of guanidine groups is 1. The maximum absolute atomic E-state index is 5.73. The van der Waals surface area contributed by atoms with Crippen LogP contribution in [0.1, 0.15) is 11.4 Å². The molecule has 0 aliphatic heterocycles. The molecule has 146 valence electrons. The number of hydrogen-bond acceptors (Lipinski definition) is 6. The average molecular weight is 381 g/mol. The second-order valence-corrected chi connectivity index (χ2v) is 5.86. The molecule has 2 N–H and O–H groups in total. The van der Waals surface area contributed by atoms with E-state index in [-0.39, 0.29) is 0 Å². The summed E-state index contributed by atoms with van der Waals surface area (Å²) in [7, 11) is 5.20. The van der Waals surface area contributed by atoms with Gasteiger partial charge in [0, 0.05) is 32.9 Å². The first-order chi connectivity index (χ1) is 13.7. The van der Waals surface area contributed by atoms with E-state index in [0.29, 0.717) is 30.7 Å². The summed E-state index contributed by atoms with van der Waals surface area (Å²) in [6.45, 7) is 1.11. The van der Waals surface area contributed by atoms with E-state index < -0.39 is 0 Å². The zero-order chi connectivity index (χ0) is 19.8. The van der Waals surface area contributed by atoms with Crippen molar-refractivity contribution in [2.75, 3.05) is 14.2 Å². The largest absolute Gasteiger partial charge is 0.497 e. The highest BCUT2D eigenvalue weighted by atomic mass is 16.5. The molecule has 0 atom stereocenters. The van der Waals surface area contributed by atoms with E-state index in [4.69, 9.17) is 9.47 Å². The van der Waals surface area contributed by atoms with Crippen LogP contribution in [0.4, 0.5) is 0 Å². The van der Waals surface area contributed by atoms with Crippen LogP contribution < -0.4 is 20.1 Å². The lowest BCUT2D eigenvalue weighted by Gasteiger charge is -2.12. The number of rotatable bonds is 7. The minimum atomic E-state index is 0.527. The molecule has 2 heterocycles. The number of nitrogens with zero attached hydrogens (tertiary/aromatic N) is 5. The molecule has 0 unspecified atom stereocenters. The maximum atomic E-state index is 5.73. The summed E-state index contributed by atoms with van der Waals surface area (Å²) in [5, 5.41) is 10.5. The molecule has 0 spiro atoms. The molecule has 3 aromatic rings.